The van der Waals surface area contributed by atoms with Crippen molar-refractivity contribution >= 4 is 28.4 Å². The number of hydrogen-bond acceptors (Lipinski definition) is 3. The third-order valence-corrected chi connectivity index (χ3v) is 6.85. The van der Waals surface area contributed by atoms with E-state index in [1.54, 1.807) is 36.7 Å². The van der Waals surface area contributed by atoms with Crippen LogP contribution in [0.1, 0.15) is 49.3 Å². The molecule has 1 saturated carbocycles. The average molecular weight is 485 g/mol. The fraction of sp³-hybridized carbons (Fsp3) is 0.276. The van der Waals surface area contributed by atoms with E-state index in [-0.39, 0.29) is 24.3 Å². The third kappa shape index (κ3) is 5.15. The van der Waals surface area contributed by atoms with Gasteiger partial charge in [0.25, 0.3) is 0 Å². The largest absolute Gasteiger partial charge is 0.361 e. The van der Waals surface area contributed by atoms with Gasteiger partial charge < -0.3 is 10.3 Å². The molecule has 2 aromatic carbocycles. The number of hydrogen-bond donors (Lipinski definition) is 2. The minimum atomic E-state index is -0.963. The summed E-state index contributed by atoms with van der Waals surface area (Å²) < 4.78 is 14.4. The molecule has 36 heavy (non-hydrogen) atoms. The summed E-state index contributed by atoms with van der Waals surface area (Å²) in [4.78, 5) is 36.5. The van der Waals surface area contributed by atoms with Gasteiger partial charge in [-0.25, -0.2) is 4.39 Å². The van der Waals surface area contributed by atoms with E-state index in [2.05, 4.69) is 15.3 Å². The summed E-state index contributed by atoms with van der Waals surface area (Å²) in [6.07, 6.45) is 10.2. The highest BCUT2D eigenvalue weighted by molar-refractivity contribution is 6.03. The van der Waals surface area contributed by atoms with E-state index in [0.29, 0.717) is 11.3 Å². The number of nitrogens with zero attached hydrogens (tertiary/aromatic N) is 2. The molecule has 5 rings (SSSR count). The normalized spacial score (nSPS) is 14.9. The Labute approximate surface area is 209 Å². The van der Waals surface area contributed by atoms with Crippen molar-refractivity contribution in [1.82, 2.24) is 15.3 Å². The van der Waals surface area contributed by atoms with Crippen molar-refractivity contribution in [3.05, 3.63) is 96.2 Å². The van der Waals surface area contributed by atoms with Crippen molar-refractivity contribution in [3.63, 3.8) is 0 Å². The van der Waals surface area contributed by atoms with Crippen LogP contribution in [0.4, 0.5) is 10.1 Å². The molecule has 1 aliphatic carbocycles. The molecule has 1 aliphatic rings. The highest BCUT2D eigenvalue weighted by Crippen LogP contribution is 2.31. The van der Waals surface area contributed by atoms with Gasteiger partial charge in [0.05, 0.1) is 6.42 Å². The molecule has 7 heteroatoms. The molecule has 0 bridgehead atoms. The van der Waals surface area contributed by atoms with Crippen LogP contribution < -0.4 is 10.2 Å². The maximum atomic E-state index is 14.4. The van der Waals surface area contributed by atoms with E-state index >= 15 is 0 Å². The van der Waals surface area contributed by atoms with Gasteiger partial charge in [-0.15, -0.1) is 0 Å². The van der Waals surface area contributed by atoms with E-state index in [0.717, 1.165) is 42.1 Å². The molecular weight excluding hydrogens is 455 g/mol. The summed E-state index contributed by atoms with van der Waals surface area (Å²) >= 11 is 0. The predicted octanol–water partition coefficient (Wildman–Crippen LogP) is 5.47. The van der Waals surface area contributed by atoms with Gasteiger partial charge in [-0.05, 0) is 60.4 Å². The zero-order chi connectivity index (χ0) is 24.9. The number of rotatable bonds is 7. The van der Waals surface area contributed by atoms with Crippen LogP contribution >= 0.6 is 0 Å². The molecule has 0 aliphatic heterocycles. The smallest absolute Gasteiger partial charge is 0.248 e. The van der Waals surface area contributed by atoms with Gasteiger partial charge in [-0.2, -0.15) is 0 Å². The standard InChI is InChI=1S/C29H29FN4O2/c30-22-7-6-10-24(18-22)34(27(35)17-21-19-32-26-12-5-4-11-25(21)26)28(20-13-15-31-16-14-20)29(36)33-23-8-2-1-3-9-23/h4-7,10-16,18-19,23,28,32H,1-3,8-9,17H2,(H,33,36). The highest BCUT2D eigenvalue weighted by Gasteiger charge is 2.34. The number of aromatic amines is 1. The summed E-state index contributed by atoms with van der Waals surface area (Å²) in [7, 11) is 0. The molecule has 2 N–H and O–H groups in total. The first kappa shape index (κ1) is 23.7. The number of fused-ring (bicyclic) bond motifs is 1. The molecule has 1 fully saturated rings. The van der Waals surface area contributed by atoms with E-state index < -0.39 is 11.9 Å². The van der Waals surface area contributed by atoms with Crippen molar-refractivity contribution in [2.45, 2.75) is 50.6 Å². The molecule has 184 valence electrons. The number of carbonyl (C=O) groups is 2. The number of pyridine rings is 1. The number of para-hydroxylation sites is 1. The van der Waals surface area contributed by atoms with Gasteiger partial charge >= 0.3 is 0 Å². The van der Waals surface area contributed by atoms with Crippen molar-refractivity contribution in [1.29, 1.82) is 0 Å². The first-order valence-electron chi connectivity index (χ1n) is 12.4. The van der Waals surface area contributed by atoms with Crippen LogP contribution in [0.3, 0.4) is 0 Å². The number of amides is 2. The van der Waals surface area contributed by atoms with Crippen LogP contribution in [-0.2, 0) is 16.0 Å². The minimum Gasteiger partial charge on any atom is -0.361 e. The summed E-state index contributed by atoms with van der Waals surface area (Å²) in [5.41, 5.74) is 2.70. The van der Waals surface area contributed by atoms with Gasteiger partial charge in [0.1, 0.15) is 11.9 Å². The van der Waals surface area contributed by atoms with Crippen molar-refractivity contribution < 1.29 is 14.0 Å². The second kappa shape index (κ2) is 10.7. The fourth-order valence-electron chi connectivity index (χ4n) is 5.08. The van der Waals surface area contributed by atoms with Crippen molar-refractivity contribution in [3.8, 4) is 0 Å². The Hall–Kier alpha value is -4.00. The van der Waals surface area contributed by atoms with Crippen LogP contribution in [-0.4, -0.2) is 27.8 Å². The molecule has 2 heterocycles. The fourth-order valence-corrected chi connectivity index (χ4v) is 5.08. The highest BCUT2D eigenvalue weighted by atomic mass is 19.1. The molecular formula is C29H29FN4O2. The molecule has 0 spiro atoms. The molecule has 2 amide bonds. The van der Waals surface area contributed by atoms with Crippen LogP contribution in [0.25, 0.3) is 10.9 Å². The lowest BCUT2D eigenvalue weighted by Crippen LogP contribution is -2.47. The Balaban J connectivity index is 1.54. The number of aromatic nitrogens is 2. The number of carbonyl (C=O) groups excluding carboxylic acids is 2. The van der Waals surface area contributed by atoms with E-state index in [1.807, 2.05) is 30.5 Å². The lowest BCUT2D eigenvalue weighted by Gasteiger charge is -2.33. The zero-order valence-corrected chi connectivity index (χ0v) is 20.0. The molecule has 6 nitrogen and oxygen atoms in total. The third-order valence-electron chi connectivity index (χ3n) is 6.85. The molecule has 0 radical (unpaired) electrons. The van der Waals surface area contributed by atoms with E-state index in [9.17, 15) is 14.0 Å². The Morgan fingerprint density at radius 3 is 2.58 bits per heavy atom. The van der Waals surface area contributed by atoms with Crippen LogP contribution in [0.5, 0.6) is 0 Å². The quantitative estimate of drug-likeness (QED) is 0.365. The Bertz CT molecular complexity index is 1350. The number of halogens is 1. The second-order valence-corrected chi connectivity index (χ2v) is 9.31. The lowest BCUT2D eigenvalue weighted by atomic mass is 9.94. The number of nitrogens with one attached hydrogen (secondary N) is 2. The topological polar surface area (TPSA) is 78.1 Å². The average Bonchev–Trinajstić information content (AvgIpc) is 3.30. The van der Waals surface area contributed by atoms with Crippen LogP contribution in [0, 0.1) is 5.82 Å². The number of anilines is 1. The predicted molar refractivity (Wildman–Crippen MR) is 138 cm³/mol. The number of H-pyrrole nitrogens is 1. The summed E-state index contributed by atoms with van der Waals surface area (Å²) in [6.45, 7) is 0. The monoisotopic (exact) mass is 484 g/mol. The van der Waals surface area contributed by atoms with Gasteiger partial charge in [0, 0.05) is 41.2 Å². The minimum absolute atomic E-state index is 0.0544. The second-order valence-electron chi connectivity index (χ2n) is 9.31. The SMILES string of the molecule is O=C(NC1CCCCC1)C(c1ccncc1)N(C(=O)Cc1c[nH]c2ccccc12)c1cccc(F)c1. The van der Waals surface area contributed by atoms with Crippen LogP contribution in [0.2, 0.25) is 0 Å². The molecule has 4 aromatic rings. The Morgan fingerprint density at radius 2 is 1.81 bits per heavy atom. The summed E-state index contributed by atoms with van der Waals surface area (Å²) in [6, 6.07) is 16.2. The molecule has 1 atom stereocenters. The van der Waals surface area contributed by atoms with Gasteiger partial charge in [-0.1, -0.05) is 43.5 Å². The Morgan fingerprint density at radius 1 is 1.03 bits per heavy atom. The van der Waals surface area contributed by atoms with Gasteiger partial charge in [0.15, 0.2) is 0 Å². The zero-order valence-electron chi connectivity index (χ0n) is 20.0. The first-order valence-corrected chi connectivity index (χ1v) is 12.4. The number of benzene rings is 2. The van der Waals surface area contributed by atoms with E-state index in [1.165, 1.54) is 23.5 Å². The van der Waals surface area contributed by atoms with Crippen LogP contribution in [0.15, 0.2) is 79.3 Å². The van der Waals surface area contributed by atoms with Gasteiger partial charge in [-0.3, -0.25) is 19.5 Å². The lowest BCUT2D eigenvalue weighted by molar-refractivity contribution is -0.127. The van der Waals surface area contributed by atoms with Gasteiger partial charge in [0.2, 0.25) is 11.8 Å². The van der Waals surface area contributed by atoms with Crippen molar-refractivity contribution in [2.24, 2.45) is 0 Å². The van der Waals surface area contributed by atoms with Crippen molar-refractivity contribution in [2.75, 3.05) is 4.90 Å². The maximum absolute atomic E-state index is 14.4. The first-order chi connectivity index (χ1) is 17.6. The molecule has 1 unspecified atom stereocenters. The Kier molecular flexibility index (Phi) is 7.07. The summed E-state index contributed by atoms with van der Waals surface area (Å²) in [5, 5.41) is 4.11. The molecule has 2 aromatic heterocycles. The maximum Gasteiger partial charge on any atom is 0.248 e. The molecule has 0 saturated heterocycles. The van der Waals surface area contributed by atoms with E-state index in [4.69, 9.17) is 0 Å². The summed E-state index contributed by atoms with van der Waals surface area (Å²) in [5.74, 6) is -1.05.